The molecule has 1 unspecified atom stereocenters. The van der Waals surface area contributed by atoms with Crippen molar-refractivity contribution < 1.29 is 0 Å². The maximum absolute atomic E-state index is 6.12. The Morgan fingerprint density at radius 2 is 2.00 bits per heavy atom. The molecule has 0 aliphatic rings. The van der Waals surface area contributed by atoms with E-state index >= 15 is 0 Å². The highest BCUT2D eigenvalue weighted by Gasteiger charge is 2.14. The van der Waals surface area contributed by atoms with Crippen LogP contribution in [0.25, 0.3) is 0 Å². The Hall–Kier alpha value is -1.13. The minimum Gasteiger partial charge on any atom is -0.271 e. The third-order valence-electron chi connectivity index (χ3n) is 2.74. The normalized spacial score (nSPS) is 12.4. The monoisotopic (exact) mass is 281 g/mol. The van der Waals surface area contributed by atoms with Gasteiger partial charge in [-0.2, -0.15) is 0 Å². The number of rotatable bonds is 3. The van der Waals surface area contributed by atoms with E-state index in [0.717, 1.165) is 16.8 Å². The van der Waals surface area contributed by atoms with Gasteiger partial charge in [-0.25, -0.2) is 5.43 Å². The third kappa shape index (κ3) is 2.82. The average molecular weight is 282 g/mol. The van der Waals surface area contributed by atoms with Gasteiger partial charge in [0.25, 0.3) is 0 Å². The molecule has 94 valence electrons. The molecule has 0 fully saturated rings. The Morgan fingerprint density at radius 3 is 2.56 bits per heavy atom. The van der Waals surface area contributed by atoms with Gasteiger partial charge in [0.1, 0.15) is 0 Å². The molecule has 1 aromatic heterocycles. The number of hydrogen-bond acceptors (Lipinski definition) is 3. The lowest BCUT2D eigenvalue weighted by Crippen LogP contribution is -2.29. The van der Waals surface area contributed by atoms with Crippen LogP contribution in [-0.4, -0.2) is 4.98 Å². The van der Waals surface area contributed by atoms with Crippen LogP contribution in [0.15, 0.2) is 36.5 Å². The van der Waals surface area contributed by atoms with Crippen LogP contribution in [0.4, 0.5) is 0 Å². The number of hydrogen-bond donors (Lipinski definition) is 2. The third-order valence-corrected chi connectivity index (χ3v) is 3.37. The Bertz CT molecular complexity index is 540. The number of nitrogens with zero attached hydrogens (tertiary/aromatic N) is 1. The van der Waals surface area contributed by atoms with Crippen LogP contribution in [0, 0.1) is 6.92 Å². The Labute approximate surface area is 116 Å². The van der Waals surface area contributed by atoms with Crippen LogP contribution >= 0.6 is 23.2 Å². The molecule has 1 atom stereocenters. The summed E-state index contributed by atoms with van der Waals surface area (Å²) in [7, 11) is 0. The van der Waals surface area contributed by atoms with E-state index < -0.39 is 0 Å². The number of nitrogens with one attached hydrogen (secondary N) is 1. The van der Waals surface area contributed by atoms with Crippen LogP contribution in [0.3, 0.4) is 0 Å². The van der Waals surface area contributed by atoms with Crippen LogP contribution in [0.2, 0.25) is 10.0 Å². The predicted molar refractivity (Wildman–Crippen MR) is 74.6 cm³/mol. The molecule has 3 nitrogen and oxygen atoms in total. The van der Waals surface area contributed by atoms with Gasteiger partial charge in [0, 0.05) is 11.2 Å². The summed E-state index contributed by atoms with van der Waals surface area (Å²) in [6.45, 7) is 1.96. The van der Waals surface area contributed by atoms with Crippen molar-refractivity contribution >= 4 is 23.2 Å². The van der Waals surface area contributed by atoms with Crippen molar-refractivity contribution in [1.82, 2.24) is 10.4 Å². The quantitative estimate of drug-likeness (QED) is 0.671. The van der Waals surface area contributed by atoms with Crippen molar-refractivity contribution in [2.45, 2.75) is 13.0 Å². The zero-order chi connectivity index (χ0) is 13.1. The van der Waals surface area contributed by atoms with Gasteiger partial charge in [0.05, 0.1) is 16.8 Å². The van der Waals surface area contributed by atoms with Gasteiger partial charge in [-0.1, -0.05) is 35.3 Å². The molecule has 2 aromatic rings. The van der Waals surface area contributed by atoms with E-state index in [4.69, 9.17) is 29.0 Å². The number of aromatic nitrogens is 1. The smallest absolute Gasteiger partial charge is 0.0881 e. The molecule has 0 aliphatic carbocycles. The predicted octanol–water partition coefficient (Wildman–Crippen LogP) is 3.25. The van der Waals surface area contributed by atoms with Crippen molar-refractivity contribution in [3.8, 4) is 0 Å². The van der Waals surface area contributed by atoms with Gasteiger partial charge in [-0.3, -0.25) is 10.8 Å². The average Bonchev–Trinajstić information content (AvgIpc) is 2.37. The number of pyridine rings is 1. The zero-order valence-corrected chi connectivity index (χ0v) is 11.3. The maximum Gasteiger partial charge on any atom is 0.0881 e. The van der Waals surface area contributed by atoms with Crippen molar-refractivity contribution in [2.24, 2.45) is 5.84 Å². The molecule has 0 spiro atoms. The highest BCUT2D eigenvalue weighted by atomic mass is 35.5. The number of nitrogens with two attached hydrogens (primary N) is 1. The first-order valence-electron chi connectivity index (χ1n) is 5.45. The van der Waals surface area contributed by atoms with E-state index in [1.54, 1.807) is 12.3 Å². The maximum atomic E-state index is 6.12. The van der Waals surface area contributed by atoms with Gasteiger partial charge in [-0.15, -0.1) is 0 Å². The Morgan fingerprint density at radius 1 is 1.22 bits per heavy atom. The van der Waals surface area contributed by atoms with E-state index in [1.807, 2.05) is 31.2 Å². The van der Waals surface area contributed by atoms with Crippen molar-refractivity contribution in [1.29, 1.82) is 0 Å². The zero-order valence-electron chi connectivity index (χ0n) is 9.82. The van der Waals surface area contributed by atoms with Crippen LogP contribution in [0.1, 0.15) is 22.9 Å². The summed E-state index contributed by atoms with van der Waals surface area (Å²) in [5.74, 6) is 5.60. The first-order chi connectivity index (χ1) is 8.61. The van der Waals surface area contributed by atoms with Gasteiger partial charge in [-0.05, 0) is 36.2 Å². The molecule has 0 saturated carbocycles. The second-order valence-electron chi connectivity index (χ2n) is 4.01. The number of hydrazine groups is 1. The molecule has 0 saturated heterocycles. The fraction of sp³-hybridized carbons (Fsp3) is 0.154. The summed E-state index contributed by atoms with van der Waals surface area (Å²) in [5, 5.41) is 1.30. The van der Waals surface area contributed by atoms with E-state index in [-0.39, 0.29) is 6.04 Å². The van der Waals surface area contributed by atoms with E-state index in [9.17, 15) is 0 Å². The van der Waals surface area contributed by atoms with Crippen LogP contribution in [-0.2, 0) is 0 Å². The summed E-state index contributed by atoms with van der Waals surface area (Å²) in [6.07, 6.45) is 1.59. The lowest BCUT2D eigenvalue weighted by molar-refractivity contribution is 0.621. The van der Waals surface area contributed by atoms with Gasteiger partial charge < -0.3 is 0 Å². The first kappa shape index (κ1) is 13.3. The minimum atomic E-state index is -0.208. The van der Waals surface area contributed by atoms with E-state index in [1.165, 1.54) is 0 Å². The second kappa shape index (κ2) is 5.67. The van der Waals surface area contributed by atoms with E-state index in [0.29, 0.717) is 10.0 Å². The topological polar surface area (TPSA) is 50.9 Å². The Balaban J connectivity index is 2.38. The fourth-order valence-electron chi connectivity index (χ4n) is 1.70. The molecule has 0 amide bonds. The molecule has 0 radical (unpaired) electrons. The SMILES string of the molecule is Cc1ccc(C(NN)c2ccc(Cl)cn2)cc1Cl. The van der Waals surface area contributed by atoms with Gasteiger partial charge in [0.15, 0.2) is 0 Å². The number of benzene rings is 1. The molecule has 3 N–H and O–H groups in total. The van der Waals surface area contributed by atoms with Crippen molar-refractivity contribution in [3.05, 3.63) is 63.4 Å². The summed E-state index contributed by atoms with van der Waals surface area (Å²) in [5.41, 5.74) is 5.52. The largest absolute Gasteiger partial charge is 0.271 e. The molecule has 18 heavy (non-hydrogen) atoms. The molecule has 0 bridgehead atoms. The fourth-order valence-corrected chi connectivity index (χ4v) is 2.00. The molecule has 5 heteroatoms. The van der Waals surface area contributed by atoms with Crippen molar-refractivity contribution in [2.75, 3.05) is 0 Å². The van der Waals surface area contributed by atoms with E-state index in [2.05, 4.69) is 10.4 Å². The van der Waals surface area contributed by atoms with Crippen LogP contribution < -0.4 is 11.3 Å². The first-order valence-corrected chi connectivity index (χ1v) is 6.21. The highest BCUT2D eigenvalue weighted by Crippen LogP contribution is 2.25. The lowest BCUT2D eigenvalue weighted by atomic mass is 10.0. The molecular weight excluding hydrogens is 269 g/mol. The second-order valence-corrected chi connectivity index (χ2v) is 4.85. The summed E-state index contributed by atoms with van der Waals surface area (Å²) < 4.78 is 0. The molecule has 1 aromatic carbocycles. The molecule has 0 aliphatic heterocycles. The van der Waals surface area contributed by atoms with Gasteiger partial charge >= 0.3 is 0 Å². The minimum absolute atomic E-state index is 0.208. The highest BCUT2D eigenvalue weighted by molar-refractivity contribution is 6.31. The number of halogens is 2. The summed E-state index contributed by atoms with van der Waals surface area (Å²) in [4.78, 5) is 4.26. The number of aryl methyl sites for hydroxylation is 1. The molecular formula is C13H13Cl2N3. The Kier molecular flexibility index (Phi) is 4.19. The molecule has 2 rings (SSSR count). The lowest BCUT2D eigenvalue weighted by Gasteiger charge is -2.16. The van der Waals surface area contributed by atoms with Crippen molar-refractivity contribution in [3.63, 3.8) is 0 Å². The standard InChI is InChI=1S/C13H13Cl2N3/c1-8-2-3-9(6-11(8)15)13(18-16)12-5-4-10(14)7-17-12/h2-7,13,18H,16H2,1H3. The van der Waals surface area contributed by atoms with Gasteiger partial charge in [0.2, 0.25) is 0 Å². The summed E-state index contributed by atoms with van der Waals surface area (Å²) in [6, 6.07) is 9.22. The summed E-state index contributed by atoms with van der Waals surface area (Å²) >= 11 is 11.9. The molecule has 1 heterocycles. The van der Waals surface area contributed by atoms with Crippen LogP contribution in [0.5, 0.6) is 0 Å².